The third-order valence-corrected chi connectivity index (χ3v) is 9.83. The average molecular weight is 2210 g/mol. The van der Waals surface area contributed by atoms with E-state index in [0.29, 0.717) is 38.0 Å². The molecule has 0 saturated heterocycles. The molecule has 7 aromatic rings. The van der Waals surface area contributed by atoms with Crippen molar-refractivity contribution in [2.45, 2.75) is 59.0 Å². The number of hydrogen-bond donors (Lipinski definition) is 3. The van der Waals surface area contributed by atoms with E-state index in [-0.39, 0.29) is 84.0 Å². The fraction of sp³-hybridized carbons (Fsp3) is 0.240. The van der Waals surface area contributed by atoms with E-state index < -0.39 is 52.2 Å². The summed E-state index contributed by atoms with van der Waals surface area (Å²) in [5, 5.41) is 7.81. The Balaban J connectivity index is -0.000000957. The van der Waals surface area contributed by atoms with Crippen molar-refractivity contribution in [1.29, 1.82) is 0 Å². The molecule has 3 aromatic carbocycles. The van der Waals surface area contributed by atoms with Crippen molar-refractivity contribution < 1.29 is 79.2 Å². The van der Waals surface area contributed by atoms with Crippen LogP contribution in [0.5, 0.6) is 17.2 Å². The number of nitrogens with zero attached hydrogens (tertiary/aromatic N) is 4. The first kappa shape index (κ1) is 85.8. The normalized spacial score (nSPS) is 9.78. The predicted octanol–water partition coefficient (Wildman–Crippen LogP) is 18.1. The molecule has 1 atom stereocenters. The SMILES string of the molecule is C.CCOC(=O)C(Cl)C(C)=O.CCOC(=O)c1c(C)nc2c(OCc3c(F)cccc3F)cccn12.CI.Fc1cccc(F)c1CBr.II.Nc1ncccc1O.Nc1ncccc1OCc1c(F)cccc1F.[I][V]([I])[I].[I][V][I]. The number of carbonyl (C=O) groups excluding carboxylic acids is 3. The van der Waals surface area contributed by atoms with Gasteiger partial charge in [-0.25, -0.2) is 50.9 Å². The van der Waals surface area contributed by atoms with Crippen molar-refractivity contribution in [3.8, 4) is 17.2 Å². The van der Waals surface area contributed by atoms with Crippen LogP contribution in [-0.4, -0.2) is 65.7 Å². The first-order valence-electron chi connectivity index (χ1n) is 21.9. The Hall–Kier alpha value is -0.381. The van der Waals surface area contributed by atoms with Crippen LogP contribution < -0.4 is 20.9 Å². The summed E-state index contributed by atoms with van der Waals surface area (Å²) in [6.45, 7) is 6.26. The van der Waals surface area contributed by atoms with Crippen LogP contribution in [0.15, 0.2) is 110 Å². The summed E-state index contributed by atoms with van der Waals surface area (Å²) >= 11 is 26.8. The molecule has 7 rings (SSSR count). The molecule has 4 aromatic heterocycles. The number of anilines is 2. The second kappa shape index (κ2) is 51.5. The van der Waals surface area contributed by atoms with Crippen LogP contribution in [0.3, 0.4) is 0 Å². The van der Waals surface area contributed by atoms with Gasteiger partial charge in [-0.2, -0.15) is 0 Å². The van der Waals surface area contributed by atoms with Crippen LogP contribution in [0.4, 0.5) is 38.0 Å². The number of Topliss-reactive ketones (excluding diaryl/α,β-unsaturated/α-hetero) is 1. The Bertz CT molecular complexity index is 2880. The number of imidazole rings is 1. The average Bonchev–Trinajstić information content (AvgIpc) is 3.98. The number of alkyl halides is 3. The van der Waals surface area contributed by atoms with Gasteiger partial charge in [0, 0.05) is 66.7 Å². The molecule has 0 aliphatic carbocycles. The molecule has 0 amide bonds. The van der Waals surface area contributed by atoms with Gasteiger partial charge in [-0.15, -0.1) is 11.6 Å². The van der Waals surface area contributed by atoms with Crippen molar-refractivity contribution in [1.82, 2.24) is 19.4 Å². The number of nitrogen functional groups attached to an aromatic ring is 2. The molecular weight excluding hydrogens is 2160 g/mol. The molecule has 0 radical (unpaired) electrons. The minimum absolute atomic E-state index is 0. The number of nitrogens with two attached hydrogens (primary N) is 2. The standard InChI is InChI=1S/C18H16F2N2O3.C12H10F2N2O.C7H5BrF2.C6H9ClO3.C5H6N2O.CH3I.CH4.I2.5HI.2V/c1-3-24-18(23)16-11(2)21-17-15(8-5-9-22(16)17)25-10-12-13(19)6-4-7-14(12)20;13-9-3-1-4-10(14)8(9)7-17-11-5-2-6-16-12(11)15;8-4-5-6(9)2-1-3-7(5)10;1-3-10-6(9)5(7)4(2)8;6-5-4(8)2-1-3-7-5;1-2;;1-2;;;;;;;/h4-9H,3,10H2,1-2H3;1-6H,7H2,(H2,15,16);1-3H,4H2;5H,3H2,1-2H3;1-3,8H,(H2,6,7);1H3;1H4;;5*1H;;/q;;;;;;;;;;;;;+2;+3/p-5. The predicted molar refractivity (Wildman–Crippen MR) is 377 cm³/mol. The van der Waals surface area contributed by atoms with E-state index in [1.807, 2.05) is 4.93 Å². The summed E-state index contributed by atoms with van der Waals surface area (Å²) in [4.78, 5) is 46.6. The Morgan fingerprint density at radius 2 is 1.10 bits per heavy atom. The van der Waals surface area contributed by atoms with E-state index in [1.54, 1.807) is 61.7 Å². The molecule has 0 saturated carbocycles. The van der Waals surface area contributed by atoms with Crippen LogP contribution in [0.2, 0.25) is 0 Å². The Morgan fingerprint density at radius 3 is 1.45 bits per heavy atom. The van der Waals surface area contributed by atoms with E-state index in [0.717, 1.165) is 0 Å². The number of aryl methyl sites for hydroxylation is 1. The molecule has 0 aliphatic heterocycles. The van der Waals surface area contributed by atoms with Gasteiger partial charge < -0.3 is 35.5 Å². The maximum absolute atomic E-state index is 13.7. The van der Waals surface area contributed by atoms with Crippen LogP contribution in [-0.2, 0) is 52.0 Å². The zero-order chi connectivity index (χ0) is 62.2. The number of esters is 2. The van der Waals surface area contributed by atoms with Crippen molar-refractivity contribution in [3.05, 3.63) is 173 Å². The number of halogens is 16. The number of ether oxygens (including phenoxy) is 4. The number of aromatic nitrogens is 4. The number of carbonyl (C=O) groups is 3. The van der Waals surface area contributed by atoms with Crippen LogP contribution >= 0.6 is 187 Å². The topological polar surface area (TPSA) is 203 Å². The fourth-order valence-electron chi connectivity index (χ4n) is 5.33. The zero-order valence-corrected chi connectivity index (χ0v) is 65.1. The van der Waals surface area contributed by atoms with E-state index in [2.05, 4.69) is 195 Å². The van der Waals surface area contributed by atoms with Crippen LogP contribution in [0.25, 0.3) is 5.65 Å². The number of aromatic hydroxyl groups is 1. The van der Waals surface area contributed by atoms with E-state index in [9.17, 15) is 40.7 Å². The quantitative estimate of drug-likeness (QED) is 0.0343. The van der Waals surface area contributed by atoms with Gasteiger partial charge in [0.1, 0.15) is 48.1 Å². The summed E-state index contributed by atoms with van der Waals surface area (Å²) in [5.74, 6) is -4.21. The molecule has 453 valence electrons. The monoisotopic (exact) mass is 2210 g/mol. The van der Waals surface area contributed by atoms with Crippen LogP contribution in [0.1, 0.15) is 61.1 Å². The molecule has 0 fully saturated rings. The molecule has 0 spiro atoms. The first-order chi connectivity index (χ1) is 38.5. The molecule has 1 unspecified atom stereocenters. The number of benzene rings is 3. The van der Waals surface area contributed by atoms with Crippen molar-refractivity contribution >= 4 is 222 Å². The summed E-state index contributed by atoms with van der Waals surface area (Å²) in [6, 6.07) is 20.7. The van der Waals surface area contributed by atoms with E-state index in [4.69, 9.17) is 42.4 Å². The molecule has 0 aliphatic rings. The van der Waals surface area contributed by atoms with Gasteiger partial charge in [-0.05, 0) is 105 Å². The van der Waals surface area contributed by atoms with Crippen molar-refractivity contribution in [2.75, 3.05) is 29.6 Å². The van der Waals surface area contributed by atoms with Gasteiger partial charge in [0.25, 0.3) is 0 Å². The zero-order valence-electron chi connectivity index (χ0n) is 42.7. The molecule has 0 bridgehead atoms. The number of ketones is 1. The third kappa shape index (κ3) is 34.4. The molecule has 14 nitrogen and oxygen atoms in total. The summed E-state index contributed by atoms with van der Waals surface area (Å²) in [6.07, 6.45) is 4.68. The Kier molecular flexibility index (Phi) is 53.9. The van der Waals surface area contributed by atoms with Gasteiger partial charge in [0.2, 0.25) is 0 Å². The summed E-state index contributed by atoms with van der Waals surface area (Å²) in [5.41, 5.74) is 11.6. The molecular formula is C50H53BrClF6I8N6O8V2. The van der Waals surface area contributed by atoms with Gasteiger partial charge in [0.05, 0.1) is 30.0 Å². The summed E-state index contributed by atoms with van der Waals surface area (Å²) in [7, 11) is 0.628. The van der Waals surface area contributed by atoms with Gasteiger partial charge >= 0.3 is 126 Å². The first-order valence-corrected chi connectivity index (χ1v) is 54.4. The Morgan fingerprint density at radius 1 is 0.707 bits per heavy atom. The Labute approximate surface area is 589 Å². The van der Waals surface area contributed by atoms with Gasteiger partial charge in [-0.1, -0.05) is 64.1 Å². The number of rotatable bonds is 12. The second-order valence-electron chi connectivity index (χ2n) is 13.9. The van der Waals surface area contributed by atoms with Gasteiger partial charge in [-0.3, -0.25) is 9.20 Å². The second-order valence-corrected chi connectivity index (χ2v) is 62.1. The van der Waals surface area contributed by atoms with Crippen LogP contribution in [0, 0.1) is 41.8 Å². The van der Waals surface area contributed by atoms with E-state index in [1.165, 1.54) is 80.0 Å². The molecule has 5 N–H and O–H groups in total. The summed E-state index contributed by atoms with van der Waals surface area (Å²) < 4.78 is 101. The van der Waals surface area contributed by atoms with Crippen molar-refractivity contribution in [3.63, 3.8) is 0 Å². The third-order valence-electron chi connectivity index (χ3n) is 8.79. The molecule has 4 heterocycles. The maximum atomic E-state index is 13.7. The van der Waals surface area contributed by atoms with Gasteiger partial charge in [0.15, 0.2) is 51.4 Å². The number of hydrogen-bond acceptors (Lipinski definition) is 13. The number of fused-ring (bicyclic) bond motifs is 1. The minimum atomic E-state index is -1.14. The van der Waals surface area contributed by atoms with E-state index >= 15 is 0 Å². The fourth-order valence-corrected chi connectivity index (χ4v) is 5.93. The molecule has 82 heavy (non-hydrogen) atoms. The van der Waals surface area contributed by atoms with Crippen molar-refractivity contribution in [2.24, 2.45) is 0 Å². The molecule has 32 heteroatoms. The number of pyridine rings is 3.